The Bertz CT molecular complexity index is 1340. The van der Waals surface area contributed by atoms with Gasteiger partial charge in [-0.25, -0.2) is 0 Å². The Morgan fingerprint density at radius 1 is 0.591 bits per heavy atom. The van der Waals surface area contributed by atoms with Crippen LogP contribution in [-0.4, -0.2) is 69.4 Å². The van der Waals surface area contributed by atoms with Crippen LogP contribution in [-0.2, 0) is 38.5 Å². The molecule has 3 aromatic carbocycles. The highest BCUT2D eigenvalue weighted by atomic mass is 16.5. The highest BCUT2D eigenvalue weighted by Crippen LogP contribution is 2.35. The SMILES string of the molecule is CCCN(CCc1ccc(CCN(CCC)C2CCc3c(cccc3OC)C2)cc1)C1CCc2cc(OC)c(OC)cc2C1. The Kier molecular flexibility index (Phi) is 11.6. The minimum Gasteiger partial charge on any atom is -0.496 e. The second kappa shape index (κ2) is 15.8. The van der Waals surface area contributed by atoms with Gasteiger partial charge in [0.1, 0.15) is 5.75 Å². The van der Waals surface area contributed by atoms with Crippen molar-refractivity contribution in [1.82, 2.24) is 9.80 Å². The van der Waals surface area contributed by atoms with Crippen LogP contribution >= 0.6 is 0 Å². The Morgan fingerprint density at radius 2 is 1.11 bits per heavy atom. The Labute approximate surface area is 266 Å². The first kappa shape index (κ1) is 32.4. The van der Waals surface area contributed by atoms with Gasteiger partial charge in [0.25, 0.3) is 0 Å². The lowest BCUT2D eigenvalue weighted by molar-refractivity contribution is 0.181. The van der Waals surface area contributed by atoms with Crippen molar-refractivity contribution in [2.75, 3.05) is 47.5 Å². The third-order valence-corrected chi connectivity index (χ3v) is 9.99. The molecule has 0 spiro atoms. The van der Waals surface area contributed by atoms with E-state index in [9.17, 15) is 0 Å². The van der Waals surface area contributed by atoms with E-state index in [1.54, 1.807) is 21.3 Å². The summed E-state index contributed by atoms with van der Waals surface area (Å²) in [6.07, 6.45) is 11.4. The monoisotopic (exact) mass is 598 g/mol. The summed E-state index contributed by atoms with van der Waals surface area (Å²) < 4.78 is 16.8. The maximum atomic E-state index is 5.65. The summed E-state index contributed by atoms with van der Waals surface area (Å²) in [7, 11) is 5.25. The molecule has 5 rings (SSSR count). The van der Waals surface area contributed by atoms with Gasteiger partial charge in [0.15, 0.2) is 11.5 Å². The molecule has 0 aliphatic heterocycles. The van der Waals surface area contributed by atoms with Gasteiger partial charge in [0, 0.05) is 25.2 Å². The zero-order chi connectivity index (χ0) is 30.9. The van der Waals surface area contributed by atoms with Gasteiger partial charge in [0.2, 0.25) is 0 Å². The number of fused-ring (bicyclic) bond motifs is 2. The van der Waals surface area contributed by atoms with Crippen molar-refractivity contribution in [3.8, 4) is 17.2 Å². The lowest BCUT2D eigenvalue weighted by Gasteiger charge is -2.35. The van der Waals surface area contributed by atoms with Gasteiger partial charge in [-0.15, -0.1) is 0 Å². The summed E-state index contributed by atoms with van der Waals surface area (Å²) in [4.78, 5) is 5.47. The Balaban J connectivity index is 1.15. The fourth-order valence-electron chi connectivity index (χ4n) is 7.58. The number of methoxy groups -OCH3 is 3. The van der Waals surface area contributed by atoms with Crippen molar-refractivity contribution < 1.29 is 14.2 Å². The molecule has 238 valence electrons. The van der Waals surface area contributed by atoms with E-state index in [1.165, 1.54) is 65.6 Å². The molecular weight excluding hydrogens is 544 g/mol. The van der Waals surface area contributed by atoms with Crippen LogP contribution < -0.4 is 14.2 Å². The first-order valence-corrected chi connectivity index (χ1v) is 17.0. The second-order valence-corrected chi connectivity index (χ2v) is 12.8. The highest BCUT2D eigenvalue weighted by Gasteiger charge is 2.27. The lowest BCUT2D eigenvalue weighted by Crippen LogP contribution is -2.41. The number of rotatable bonds is 15. The number of aryl methyl sites for hydroxylation is 1. The molecule has 0 N–H and O–H groups in total. The molecular formula is C39H54N2O3. The van der Waals surface area contributed by atoms with Gasteiger partial charge in [-0.1, -0.05) is 50.2 Å². The maximum Gasteiger partial charge on any atom is 0.161 e. The number of nitrogens with zero attached hydrogens (tertiary/aromatic N) is 2. The van der Waals surface area contributed by atoms with E-state index in [2.05, 4.69) is 78.2 Å². The summed E-state index contributed by atoms with van der Waals surface area (Å²) >= 11 is 0. The minimum absolute atomic E-state index is 0.581. The zero-order valence-corrected chi connectivity index (χ0v) is 27.9. The van der Waals surface area contributed by atoms with Crippen molar-refractivity contribution in [2.45, 2.75) is 90.1 Å². The summed E-state index contributed by atoms with van der Waals surface area (Å²) in [5.41, 5.74) is 8.62. The predicted molar refractivity (Wildman–Crippen MR) is 182 cm³/mol. The first-order chi connectivity index (χ1) is 21.6. The van der Waals surface area contributed by atoms with Crippen LogP contribution in [0.1, 0.15) is 72.9 Å². The van der Waals surface area contributed by atoms with Gasteiger partial charge in [-0.2, -0.15) is 0 Å². The molecule has 2 unspecified atom stereocenters. The molecule has 5 nitrogen and oxygen atoms in total. The van der Waals surface area contributed by atoms with E-state index in [0.29, 0.717) is 12.1 Å². The van der Waals surface area contributed by atoms with Crippen LogP contribution in [0.15, 0.2) is 54.6 Å². The van der Waals surface area contributed by atoms with Crippen molar-refractivity contribution in [1.29, 1.82) is 0 Å². The summed E-state index contributed by atoms with van der Waals surface area (Å²) in [6, 6.07) is 21.6. The molecule has 44 heavy (non-hydrogen) atoms. The molecule has 0 amide bonds. The molecule has 0 heterocycles. The standard InChI is InChI=1S/C39H54N2O3/c1-6-21-40(34-16-15-31-27-38(43-4)39(44-5)28-33(31)26-34)23-19-29-11-13-30(14-12-29)20-24-41(22-7-2)35-17-18-36-32(25-35)9-8-10-37(36)42-3/h8-14,27-28,34-35H,6-7,15-26H2,1-5H3. The van der Waals surface area contributed by atoms with Crippen molar-refractivity contribution >= 4 is 0 Å². The van der Waals surface area contributed by atoms with E-state index in [1.807, 2.05) is 0 Å². The average Bonchev–Trinajstić information content (AvgIpc) is 3.07. The van der Waals surface area contributed by atoms with E-state index in [4.69, 9.17) is 14.2 Å². The number of hydrogen-bond donors (Lipinski definition) is 0. The average molecular weight is 599 g/mol. The van der Waals surface area contributed by atoms with Crippen LogP contribution in [0.25, 0.3) is 0 Å². The summed E-state index contributed by atoms with van der Waals surface area (Å²) in [6.45, 7) is 9.17. The number of benzene rings is 3. The van der Waals surface area contributed by atoms with Gasteiger partial charge in [0.05, 0.1) is 21.3 Å². The van der Waals surface area contributed by atoms with Crippen LogP contribution in [0.4, 0.5) is 0 Å². The van der Waals surface area contributed by atoms with Crippen LogP contribution in [0.3, 0.4) is 0 Å². The Morgan fingerprint density at radius 3 is 1.66 bits per heavy atom. The molecule has 0 bridgehead atoms. The smallest absolute Gasteiger partial charge is 0.161 e. The Hall–Kier alpha value is -3.02. The molecule has 0 saturated carbocycles. The molecule has 2 aliphatic carbocycles. The number of ether oxygens (including phenoxy) is 3. The number of hydrogen-bond acceptors (Lipinski definition) is 5. The zero-order valence-electron chi connectivity index (χ0n) is 27.9. The summed E-state index contributed by atoms with van der Waals surface area (Å²) in [5.74, 6) is 2.75. The highest BCUT2D eigenvalue weighted by molar-refractivity contribution is 5.48. The van der Waals surface area contributed by atoms with E-state index in [0.717, 1.165) is 75.4 Å². The topological polar surface area (TPSA) is 34.2 Å². The van der Waals surface area contributed by atoms with E-state index >= 15 is 0 Å². The second-order valence-electron chi connectivity index (χ2n) is 12.8. The third-order valence-electron chi connectivity index (χ3n) is 9.99. The van der Waals surface area contributed by atoms with Crippen LogP contribution in [0, 0.1) is 0 Å². The minimum atomic E-state index is 0.581. The fraction of sp³-hybridized carbons (Fsp3) is 0.538. The maximum absolute atomic E-state index is 5.65. The summed E-state index contributed by atoms with van der Waals surface area (Å²) in [5, 5.41) is 0. The quantitative estimate of drug-likeness (QED) is 0.183. The predicted octanol–water partition coefficient (Wildman–Crippen LogP) is 7.34. The fourth-order valence-corrected chi connectivity index (χ4v) is 7.58. The van der Waals surface area contributed by atoms with Crippen molar-refractivity contribution in [3.63, 3.8) is 0 Å². The van der Waals surface area contributed by atoms with Gasteiger partial charge in [-0.3, -0.25) is 9.80 Å². The van der Waals surface area contributed by atoms with E-state index < -0.39 is 0 Å². The third kappa shape index (κ3) is 7.79. The van der Waals surface area contributed by atoms with Gasteiger partial charge in [-0.05, 0) is 129 Å². The molecule has 2 aliphatic rings. The van der Waals surface area contributed by atoms with E-state index in [-0.39, 0.29) is 0 Å². The largest absolute Gasteiger partial charge is 0.496 e. The molecule has 0 saturated heterocycles. The van der Waals surface area contributed by atoms with Crippen molar-refractivity contribution in [2.24, 2.45) is 0 Å². The molecule has 0 fully saturated rings. The van der Waals surface area contributed by atoms with Crippen LogP contribution in [0.2, 0.25) is 0 Å². The van der Waals surface area contributed by atoms with Crippen molar-refractivity contribution in [3.05, 3.63) is 88.0 Å². The van der Waals surface area contributed by atoms with Gasteiger partial charge >= 0.3 is 0 Å². The molecule has 0 aromatic heterocycles. The first-order valence-electron chi connectivity index (χ1n) is 17.0. The van der Waals surface area contributed by atoms with Gasteiger partial charge < -0.3 is 14.2 Å². The normalized spacial score (nSPS) is 17.8. The molecule has 2 atom stereocenters. The molecule has 3 aromatic rings. The molecule has 0 radical (unpaired) electrons. The molecule has 5 heteroatoms. The van der Waals surface area contributed by atoms with Crippen LogP contribution in [0.5, 0.6) is 17.2 Å². The lowest BCUT2D eigenvalue weighted by atomic mass is 9.86.